The van der Waals surface area contributed by atoms with Crippen LogP contribution in [-0.2, 0) is 0 Å². The molecule has 0 atom stereocenters. The Balaban J connectivity index is 1.43. The van der Waals surface area contributed by atoms with Gasteiger partial charge in [0.15, 0.2) is 0 Å². The van der Waals surface area contributed by atoms with Gasteiger partial charge in [-0.3, -0.25) is 0 Å². The molecule has 0 bridgehead atoms. The highest BCUT2D eigenvalue weighted by Gasteiger charge is 2.19. The van der Waals surface area contributed by atoms with Crippen molar-refractivity contribution in [2.24, 2.45) is 4.99 Å². The minimum absolute atomic E-state index is 0.679. The third kappa shape index (κ3) is 3.05. The number of anilines is 2. The molecule has 0 saturated heterocycles. The van der Waals surface area contributed by atoms with Gasteiger partial charge in [-0.2, -0.15) is 0 Å². The van der Waals surface area contributed by atoms with Crippen LogP contribution in [0.4, 0.5) is 17.1 Å². The fraction of sp³-hybridized carbons (Fsp3) is 0.115. The van der Waals surface area contributed by atoms with Crippen molar-refractivity contribution in [2.45, 2.75) is 6.92 Å². The summed E-state index contributed by atoms with van der Waals surface area (Å²) < 4.78 is 5.54. The van der Waals surface area contributed by atoms with Crippen molar-refractivity contribution in [1.29, 1.82) is 0 Å². The largest absolute Gasteiger partial charge is 0.494 e. The predicted octanol–water partition coefficient (Wildman–Crippen LogP) is 6.49. The minimum Gasteiger partial charge on any atom is -0.494 e. The van der Waals surface area contributed by atoms with Gasteiger partial charge in [0, 0.05) is 34.9 Å². The summed E-state index contributed by atoms with van der Waals surface area (Å²) in [5, 5.41) is 2.49. The van der Waals surface area contributed by atoms with E-state index >= 15 is 0 Å². The highest BCUT2D eigenvalue weighted by Crippen LogP contribution is 2.37. The number of rotatable bonds is 5. The van der Waals surface area contributed by atoms with Crippen LogP contribution >= 0.6 is 0 Å². The van der Waals surface area contributed by atoms with Crippen LogP contribution in [0, 0.1) is 0 Å². The summed E-state index contributed by atoms with van der Waals surface area (Å²) in [5.41, 5.74) is 6.71. The van der Waals surface area contributed by atoms with Gasteiger partial charge in [-0.05, 0) is 54.8 Å². The molecule has 3 nitrogen and oxygen atoms in total. The first kappa shape index (κ1) is 17.5. The van der Waals surface area contributed by atoms with Gasteiger partial charge < -0.3 is 9.64 Å². The van der Waals surface area contributed by atoms with Crippen molar-refractivity contribution in [2.75, 3.05) is 18.6 Å². The molecule has 142 valence electrons. The number of benzene rings is 4. The lowest BCUT2D eigenvalue weighted by atomic mass is 9.98. The van der Waals surface area contributed by atoms with E-state index in [1.165, 1.54) is 16.3 Å². The van der Waals surface area contributed by atoms with E-state index in [1.54, 1.807) is 0 Å². The summed E-state index contributed by atoms with van der Waals surface area (Å²) in [6.45, 7) is 2.67. The third-order valence-electron chi connectivity index (χ3n) is 5.43. The molecule has 3 heteroatoms. The van der Waals surface area contributed by atoms with E-state index in [0.717, 1.165) is 34.1 Å². The molecule has 1 aliphatic heterocycles. The molecule has 0 aliphatic carbocycles. The molecule has 0 fully saturated rings. The Labute approximate surface area is 170 Å². The molecular formula is C26H22N2O. The molecular weight excluding hydrogens is 356 g/mol. The maximum absolute atomic E-state index is 5.54. The van der Waals surface area contributed by atoms with E-state index in [-0.39, 0.29) is 0 Å². The Morgan fingerprint density at radius 3 is 2.14 bits per heavy atom. The Hall–Kier alpha value is -3.59. The van der Waals surface area contributed by atoms with Crippen LogP contribution in [0.15, 0.2) is 89.9 Å². The normalized spacial score (nSPS) is 12.1. The van der Waals surface area contributed by atoms with E-state index < -0.39 is 0 Å². The maximum atomic E-state index is 5.54. The molecule has 0 spiro atoms. The van der Waals surface area contributed by atoms with Gasteiger partial charge in [-0.15, -0.1) is 0 Å². The fourth-order valence-electron chi connectivity index (χ4n) is 3.94. The molecule has 5 rings (SSSR count). The molecule has 4 aromatic rings. The van der Waals surface area contributed by atoms with Crippen molar-refractivity contribution in [3.63, 3.8) is 0 Å². The first-order valence-electron chi connectivity index (χ1n) is 9.92. The van der Waals surface area contributed by atoms with Crippen LogP contribution in [0.3, 0.4) is 0 Å². The second-order valence-electron chi connectivity index (χ2n) is 7.17. The topological polar surface area (TPSA) is 24.8 Å². The summed E-state index contributed by atoms with van der Waals surface area (Å²) in [6.07, 6.45) is 0. The van der Waals surface area contributed by atoms with E-state index in [9.17, 15) is 0 Å². The first-order chi connectivity index (χ1) is 14.2. The summed E-state index contributed by atoms with van der Waals surface area (Å²) >= 11 is 0. The van der Waals surface area contributed by atoms with Crippen LogP contribution in [0.25, 0.3) is 10.8 Å². The van der Waals surface area contributed by atoms with Gasteiger partial charge >= 0.3 is 0 Å². The van der Waals surface area contributed by atoms with Crippen molar-refractivity contribution in [1.82, 2.24) is 0 Å². The summed E-state index contributed by atoms with van der Waals surface area (Å²) in [4.78, 5) is 7.09. The molecule has 1 heterocycles. The number of hydrogen-bond donors (Lipinski definition) is 0. The van der Waals surface area contributed by atoms with E-state index in [2.05, 4.69) is 84.7 Å². The van der Waals surface area contributed by atoms with Crippen LogP contribution < -0.4 is 9.64 Å². The monoisotopic (exact) mass is 378 g/mol. The molecule has 29 heavy (non-hydrogen) atoms. The number of ether oxygens (including phenoxy) is 1. The molecule has 0 amide bonds. The second-order valence-corrected chi connectivity index (χ2v) is 7.17. The molecule has 0 radical (unpaired) electrons. The molecule has 0 saturated carbocycles. The standard InChI is InChI=1S/C26H22N2O/c1-3-29-22-16-14-21(15-17-22)28(2)20-12-10-19(11-13-20)26-23-8-4-6-18-7-5-9-24(27-26)25(18)23/h4-17H,3H2,1-2H3. The second kappa shape index (κ2) is 7.10. The van der Waals surface area contributed by atoms with Crippen LogP contribution in [0.5, 0.6) is 5.75 Å². The lowest BCUT2D eigenvalue weighted by molar-refractivity contribution is 0.340. The van der Waals surface area contributed by atoms with Crippen molar-refractivity contribution < 1.29 is 4.74 Å². The van der Waals surface area contributed by atoms with E-state index in [1.807, 2.05) is 19.1 Å². The highest BCUT2D eigenvalue weighted by atomic mass is 16.5. The summed E-state index contributed by atoms with van der Waals surface area (Å²) in [6, 6.07) is 29.5. The molecule has 4 aromatic carbocycles. The van der Waals surface area contributed by atoms with Crippen LogP contribution in [-0.4, -0.2) is 19.4 Å². The number of nitrogens with zero attached hydrogens (tertiary/aromatic N) is 2. The zero-order valence-electron chi connectivity index (χ0n) is 16.6. The average molecular weight is 378 g/mol. The van der Waals surface area contributed by atoms with Gasteiger partial charge in [0.2, 0.25) is 0 Å². The van der Waals surface area contributed by atoms with Crippen molar-refractivity contribution >= 4 is 33.5 Å². The van der Waals surface area contributed by atoms with Gasteiger partial charge in [-0.1, -0.05) is 42.5 Å². The average Bonchev–Trinajstić information content (AvgIpc) is 3.15. The fourth-order valence-corrected chi connectivity index (χ4v) is 3.94. The SMILES string of the molecule is CCOc1ccc(N(C)c2ccc(C3=Nc4cccc5cccc3c45)cc2)cc1. The van der Waals surface area contributed by atoms with E-state index in [4.69, 9.17) is 9.73 Å². The van der Waals surface area contributed by atoms with Crippen LogP contribution in [0.2, 0.25) is 0 Å². The first-order valence-corrected chi connectivity index (χ1v) is 9.92. The van der Waals surface area contributed by atoms with Gasteiger partial charge in [-0.25, -0.2) is 4.99 Å². The Morgan fingerprint density at radius 2 is 1.45 bits per heavy atom. The molecule has 0 unspecified atom stereocenters. The minimum atomic E-state index is 0.679. The van der Waals surface area contributed by atoms with Gasteiger partial charge in [0.1, 0.15) is 5.75 Å². The summed E-state index contributed by atoms with van der Waals surface area (Å²) in [5.74, 6) is 0.896. The smallest absolute Gasteiger partial charge is 0.119 e. The van der Waals surface area contributed by atoms with Crippen molar-refractivity contribution in [3.8, 4) is 5.75 Å². The van der Waals surface area contributed by atoms with Gasteiger partial charge in [0.05, 0.1) is 18.0 Å². The summed E-state index contributed by atoms with van der Waals surface area (Å²) in [7, 11) is 2.08. The Bertz CT molecular complexity index is 1200. The van der Waals surface area contributed by atoms with Crippen LogP contribution in [0.1, 0.15) is 18.1 Å². The number of hydrogen-bond acceptors (Lipinski definition) is 3. The van der Waals surface area contributed by atoms with Gasteiger partial charge in [0.25, 0.3) is 0 Å². The Morgan fingerprint density at radius 1 is 0.793 bits per heavy atom. The predicted molar refractivity (Wildman–Crippen MR) is 121 cm³/mol. The highest BCUT2D eigenvalue weighted by molar-refractivity contribution is 6.26. The Kier molecular flexibility index (Phi) is 4.28. The third-order valence-corrected chi connectivity index (χ3v) is 5.43. The zero-order valence-corrected chi connectivity index (χ0v) is 16.6. The lowest BCUT2D eigenvalue weighted by Crippen LogP contribution is -2.10. The quantitative estimate of drug-likeness (QED) is 0.349. The molecule has 0 aromatic heterocycles. The molecule has 1 aliphatic rings. The lowest BCUT2D eigenvalue weighted by Gasteiger charge is -2.20. The van der Waals surface area contributed by atoms with Crippen molar-refractivity contribution in [3.05, 3.63) is 96.1 Å². The molecule has 0 N–H and O–H groups in total. The number of aliphatic imine (C=N–C) groups is 1. The maximum Gasteiger partial charge on any atom is 0.119 e. The zero-order chi connectivity index (χ0) is 19.8. The van der Waals surface area contributed by atoms with E-state index in [0.29, 0.717) is 6.61 Å².